The van der Waals surface area contributed by atoms with E-state index >= 15 is 0 Å². The number of hydrogen-bond donors (Lipinski definition) is 1. The van der Waals surface area contributed by atoms with Crippen LogP contribution in [-0.4, -0.2) is 45.0 Å². The summed E-state index contributed by atoms with van der Waals surface area (Å²) in [4.78, 5) is 13.6. The first-order valence-corrected chi connectivity index (χ1v) is 8.54. The number of piperidine rings is 1. The van der Waals surface area contributed by atoms with E-state index in [0.29, 0.717) is 37.5 Å². The van der Waals surface area contributed by atoms with Crippen LogP contribution in [0.25, 0.3) is 0 Å². The molecule has 1 atom stereocenters. The molecule has 0 aliphatic carbocycles. The average molecular weight is 366 g/mol. The first kappa shape index (κ1) is 18.9. The number of nitrogens with zero attached hydrogens (tertiary/aromatic N) is 1. The van der Waals surface area contributed by atoms with Gasteiger partial charge in [-0.1, -0.05) is 0 Å². The Labute approximate surface area is 142 Å². The van der Waals surface area contributed by atoms with Gasteiger partial charge < -0.3 is 19.7 Å². The zero-order valence-corrected chi connectivity index (χ0v) is 14.4. The fraction of sp³-hybridized carbons (Fsp3) is 0.667. The van der Waals surface area contributed by atoms with E-state index in [0.717, 1.165) is 16.7 Å². The third kappa shape index (κ3) is 5.27. The summed E-state index contributed by atoms with van der Waals surface area (Å²) in [6, 6.07) is 1.03. The molecular weight excluding hydrogens is 345 g/mol. The topological polar surface area (TPSA) is 50.8 Å². The average Bonchev–Trinajstić information content (AvgIpc) is 2.98. The molecule has 1 N–H and O–H groups in total. The predicted octanol–water partition coefficient (Wildman–Crippen LogP) is 3.50. The number of methoxy groups -OCH3 is 1. The molecule has 24 heavy (non-hydrogen) atoms. The molecular formula is C15H21F3N2O3S. The van der Waals surface area contributed by atoms with Crippen LogP contribution in [-0.2, 0) is 15.7 Å². The molecule has 1 aromatic heterocycles. The minimum atomic E-state index is -4.31. The number of alkyl carbamates (subject to hydrolysis) is 1. The number of thiophene rings is 1. The van der Waals surface area contributed by atoms with Gasteiger partial charge in [-0.2, -0.15) is 13.2 Å². The van der Waals surface area contributed by atoms with E-state index in [2.05, 4.69) is 5.32 Å². The van der Waals surface area contributed by atoms with Crippen molar-refractivity contribution in [1.29, 1.82) is 0 Å². The van der Waals surface area contributed by atoms with Crippen molar-refractivity contribution in [2.75, 3.05) is 31.7 Å². The molecule has 0 aromatic carbocycles. The van der Waals surface area contributed by atoms with Gasteiger partial charge >= 0.3 is 12.3 Å². The van der Waals surface area contributed by atoms with Gasteiger partial charge in [-0.05, 0) is 13.0 Å². The van der Waals surface area contributed by atoms with Gasteiger partial charge in [-0.15, -0.1) is 11.3 Å². The number of rotatable bonds is 5. The summed E-state index contributed by atoms with van der Waals surface area (Å²) in [5.74, 6) is 0. The number of nitrogens with one attached hydrogen (secondary N) is 1. The van der Waals surface area contributed by atoms with E-state index in [1.165, 1.54) is 6.07 Å². The van der Waals surface area contributed by atoms with Crippen LogP contribution in [0.2, 0.25) is 0 Å². The quantitative estimate of drug-likeness (QED) is 0.867. The number of hydrogen-bond acceptors (Lipinski definition) is 5. The molecule has 0 spiro atoms. The summed E-state index contributed by atoms with van der Waals surface area (Å²) in [5, 5.41) is 4.39. The molecule has 0 bridgehead atoms. The monoisotopic (exact) mass is 366 g/mol. The second-order valence-corrected chi connectivity index (χ2v) is 6.65. The molecule has 1 aliphatic rings. The van der Waals surface area contributed by atoms with E-state index < -0.39 is 17.8 Å². The lowest BCUT2D eigenvalue weighted by molar-refractivity contribution is -0.137. The number of anilines is 1. The maximum absolute atomic E-state index is 12.6. The van der Waals surface area contributed by atoms with Crippen molar-refractivity contribution in [2.24, 2.45) is 0 Å². The van der Waals surface area contributed by atoms with Gasteiger partial charge in [0.05, 0.1) is 23.2 Å². The van der Waals surface area contributed by atoms with Crippen LogP contribution >= 0.6 is 11.3 Å². The molecule has 0 saturated carbocycles. The van der Waals surface area contributed by atoms with Gasteiger partial charge in [0.25, 0.3) is 0 Å². The highest BCUT2D eigenvalue weighted by Gasteiger charge is 2.33. The lowest BCUT2D eigenvalue weighted by Gasteiger charge is -2.32. The first-order chi connectivity index (χ1) is 11.3. The Kier molecular flexibility index (Phi) is 6.34. The van der Waals surface area contributed by atoms with E-state index in [1.807, 2.05) is 11.8 Å². The Morgan fingerprint density at radius 3 is 2.67 bits per heavy atom. The van der Waals surface area contributed by atoms with Crippen LogP contribution in [0, 0.1) is 0 Å². The zero-order valence-electron chi connectivity index (χ0n) is 13.6. The van der Waals surface area contributed by atoms with Crippen molar-refractivity contribution in [2.45, 2.75) is 38.1 Å². The summed E-state index contributed by atoms with van der Waals surface area (Å²) < 4.78 is 48.2. The Morgan fingerprint density at radius 2 is 2.12 bits per heavy atom. The van der Waals surface area contributed by atoms with Gasteiger partial charge in [0.2, 0.25) is 0 Å². The summed E-state index contributed by atoms with van der Waals surface area (Å²) in [6.07, 6.45) is -3.85. The summed E-state index contributed by atoms with van der Waals surface area (Å²) in [5.41, 5.74) is -0.618. The lowest BCUT2D eigenvalue weighted by atomic mass is 10.1. The third-order valence-corrected chi connectivity index (χ3v) is 4.71. The number of carbonyl (C=O) groups excluding carboxylic acids is 1. The zero-order chi connectivity index (χ0) is 17.7. The molecule has 1 aromatic rings. The van der Waals surface area contributed by atoms with Crippen LogP contribution in [0.3, 0.4) is 0 Å². The molecule has 1 aliphatic heterocycles. The molecule has 9 heteroatoms. The standard InChI is InChI=1S/C15H21F3N2O3S/c1-10(8-22-2)19-14(21)23-12-3-5-20(6-4-12)13-7-11(9-24-13)15(16,17)18/h7,9-10,12H,3-6,8H2,1-2H3,(H,19,21)/t10-/m0/s1. The van der Waals surface area contributed by atoms with Crippen LogP contribution in [0.4, 0.5) is 23.0 Å². The second kappa shape index (κ2) is 8.06. The van der Waals surface area contributed by atoms with Gasteiger partial charge in [-0.3, -0.25) is 0 Å². The van der Waals surface area contributed by atoms with E-state index in [9.17, 15) is 18.0 Å². The Hall–Kier alpha value is -1.48. The fourth-order valence-corrected chi connectivity index (χ4v) is 3.49. The van der Waals surface area contributed by atoms with E-state index in [4.69, 9.17) is 9.47 Å². The van der Waals surface area contributed by atoms with E-state index in [1.54, 1.807) is 7.11 Å². The van der Waals surface area contributed by atoms with E-state index in [-0.39, 0.29) is 12.1 Å². The Balaban J connectivity index is 1.79. The maximum Gasteiger partial charge on any atom is 0.417 e. The highest BCUT2D eigenvalue weighted by Crippen LogP contribution is 2.37. The van der Waals surface area contributed by atoms with Gasteiger partial charge in [0.1, 0.15) is 6.10 Å². The minimum absolute atomic E-state index is 0.144. The van der Waals surface area contributed by atoms with Crippen molar-refractivity contribution in [1.82, 2.24) is 5.32 Å². The molecule has 1 saturated heterocycles. The minimum Gasteiger partial charge on any atom is -0.446 e. The highest BCUT2D eigenvalue weighted by molar-refractivity contribution is 7.14. The maximum atomic E-state index is 12.6. The van der Waals surface area contributed by atoms with Crippen LogP contribution in [0.15, 0.2) is 11.4 Å². The van der Waals surface area contributed by atoms with Crippen molar-refractivity contribution in [3.05, 3.63) is 17.0 Å². The number of alkyl halides is 3. The third-order valence-electron chi connectivity index (χ3n) is 3.72. The van der Waals surface area contributed by atoms with Gasteiger partial charge in [0.15, 0.2) is 0 Å². The largest absolute Gasteiger partial charge is 0.446 e. The molecule has 0 radical (unpaired) electrons. The normalized spacial score (nSPS) is 17.6. The molecule has 2 rings (SSSR count). The molecule has 136 valence electrons. The number of amides is 1. The van der Waals surface area contributed by atoms with Crippen molar-refractivity contribution in [3.63, 3.8) is 0 Å². The summed E-state index contributed by atoms with van der Waals surface area (Å²) in [6.45, 7) is 3.32. The number of ether oxygens (including phenoxy) is 2. The molecule has 2 heterocycles. The number of carbonyl (C=O) groups is 1. The van der Waals surface area contributed by atoms with Crippen molar-refractivity contribution >= 4 is 22.4 Å². The SMILES string of the molecule is COC[C@H](C)NC(=O)OC1CCN(c2cc(C(F)(F)F)cs2)CC1. The molecule has 1 amide bonds. The molecule has 0 unspecified atom stereocenters. The highest BCUT2D eigenvalue weighted by atomic mass is 32.1. The molecule has 5 nitrogen and oxygen atoms in total. The number of halogens is 3. The van der Waals surface area contributed by atoms with Crippen molar-refractivity contribution < 1.29 is 27.4 Å². The second-order valence-electron chi connectivity index (χ2n) is 5.76. The first-order valence-electron chi connectivity index (χ1n) is 7.66. The summed E-state index contributed by atoms with van der Waals surface area (Å²) in [7, 11) is 1.55. The predicted molar refractivity (Wildman–Crippen MR) is 85.5 cm³/mol. The van der Waals surface area contributed by atoms with Gasteiger partial charge in [0, 0.05) is 38.4 Å². The van der Waals surface area contributed by atoms with Crippen LogP contribution in [0.1, 0.15) is 25.3 Å². The fourth-order valence-electron chi connectivity index (χ4n) is 2.51. The Morgan fingerprint density at radius 1 is 1.46 bits per heavy atom. The Bertz CT molecular complexity index is 542. The van der Waals surface area contributed by atoms with Crippen molar-refractivity contribution in [3.8, 4) is 0 Å². The lowest BCUT2D eigenvalue weighted by Crippen LogP contribution is -2.42. The smallest absolute Gasteiger partial charge is 0.417 e. The molecule has 1 fully saturated rings. The van der Waals surface area contributed by atoms with Crippen LogP contribution in [0.5, 0.6) is 0 Å². The summed E-state index contributed by atoms with van der Waals surface area (Å²) >= 11 is 1.08. The van der Waals surface area contributed by atoms with Crippen LogP contribution < -0.4 is 10.2 Å². The van der Waals surface area contributed by atoms with Gasteiger partial charge in [-0.25, -0.2) is 4.79 Å².